The molecular weight excluding hydrogens is 226 g/mol. The Labute approximate surface area is 106 Å². The molecule has 1 aliphatic carbocycles. The lowest BCUT2D eigenvalue weighted by atomic mass is 9.90. The first-order chi connectivity index (χ1) is 8.72. The minimum absolute atomic E-state index is 0.0855. The number of hydrogen-bond donors (Lipinski definition) is 1. The quantitative estimate of drug-likeness (QED) is 0.821. The average molecular weight is 241 g/mol. The van der Waals surface area contributed by atoms with E-state index in [0.717, 1.165) is 36.1 Å². The van der Waals surface area contributed by atoms with Crippen molar-refractivity contribution in [2.24, 2.45) is 0 Å². The fourth-order valence-corrected chi connectivity index (χ4v) is 2.60. The molecule has 0 radical (unpaired) electrons. The number of rotatable bonds is 1. The number of aryl methyl sites for hydroxylation is 1. The minimum Gasteiger partial charge on any atom is -0.326 e. The lowest BCUT2D eigenvalue weighted by Crippen LogP contribution is -2.19. The average Bonchev–Trinajstić information content (AvgIpc) is 2.38. The second-order valence-electron chi connectivity index (χ2n) is 4.91. The Morgan fingerprint density at radius 3 is 2.72 bits per heavy atom. The van der Waals surface area contributed by atoms with Gasteiger partial charge in [-0.25, -0.2) is 0 Å². The van der Waals surface area contributed by atoms with Crippen LogP contribution in [0.5, 0.6) is 0 Å². The number of hydrogen-bond acceptors (Lipinski definition) is 2. The number of anilines is 1. The molecule has 1 aromatic carbocycles. The Bertz CT molecular complexity index is 558. The van der Waals surface area contributed by atoms with Gasteiger partial charge >= 0.3 is 0 Å². The largest absolute Gasteiger partial charge is 0.326 e. The zero-order valence-corrected chi connectivity index (χ0v) is 10.2. The summed E-state index contributed by atoms with van der Waals surface area (Å²) in [7, 11) is 0. The summed E-state index contributed by atoms with van der Waals surface area (Å²) in [6, 6.07) is 6.05. The fourth-order valence-electron chi connectivity index (χ4n) is 2.60. The van der Waals surface area contributed by atoms with Crippen LogP contribution in [0.25, 0.3) is 5.57 Å². The topological polar surface area (TPSA) is 46.2 Å². The van der Waals surface area contributed by atoms with E-state index in [2.05, 4.69) is 11.4 Å². The van der Waals surface area contributed by atoms with E-state index in [1.165, 1.54) is 5.56 Å². The number of carbonyl (C=O) groups is 2. The van der Waals surface area contributed by atoms with Crippen molar-refractivity contribution in [2.45, 2.75) is 32.1 Å². The lowest BCUT2D eigenvalue weighted by Gasteiger charge is -2.19. The number of fused-ring (bicyclic) bond motifs is 1. The molecule has 3 rings (SSSR count). The molecule has 0 saturated heterocycles. The van der Waals surface area contributed by atoms with Gasteiger partial charge in [0.25, 0.3) is 0 Å². The van der Waals surface area contributed by atoms with Gasteiger partial charge < -0.3 is 5.32 Å². The first-order valence-corrected chi connectivity index (χ1v) is 6.39. The monoisotopic (exact) mass is 241 g/mol. The van der Waals surface area contributed by atoms with E-state index >= 15 is 0 Å². The normalized spacial score (nSPS) is 19.0. The third-order valence-electron chi connectivity index (χ3n) is 3.58. The Hall–Kier alpha value is -1.90. The molecule has 0 fully saturated rings. The van der Waals surface area contributed by atoms with Gasteiger partial charge in [0.05, 0.1) is 0 Å². The van der Waals surface area contributed by atoms with Gasteiger partial charge in [-0.1, -0.05) is 6.07 Å². The third kappa shape index (κ3) is 2.08. The number of ketones is 1. The molecule has 1 heterocycles. The SMILES string of the molecule is O=C1C=C(c2ccc3c(c2)CCC(=O)N3)CCC1. The van der Waals surface area contributed by atoms with E-state index in [1.807, 2.05) is 12.1 Å². The van der Waals surface area contributed by atoms with Crippen LogP contribution in [0.2, 0.25) is 0 Å². The van der Waals surface area contributed by atoms with Gasteiger partial charge in [0.1, 0.15) is 0 Å². The van der Waals surface area contributed by atoms with Crippen molar-refractivity contribution in [3.05, 3.63) is 35.4 Å². The lowest BCUT2D eigenvalue weighted by molar-refractivity contribution is -0.116. The summed E-state index contributed by atoms with van der Waals surface area (Å²) in [5, 5.41) is 2.87. The molecule has 18 heavy (non-hydrogen) atoms. The van der Waals surface area contributed by atoms with Gasteiger partial charge in [0.2, 0.25) is 5.91 Å². The molecule has 3 nitrogen and oxygen atoms in total. The summed E-state index contributed by atoms with van der Waals surface area (Å²) in [4.78, 5) is 22.7. The smallest absolute Gasteiger partial charge is 0.224 e. The van der Waals surface area contributed by atoms with Gasteiger partial charge in [0, 0.05) is 18.5 Å². The Kier molecular flexibility index (Phi) is 2.74. The van der Waals surface area contributed by atoms with E-state index in [1.54, 1.807) is 6.08 Å². The van der Waals surface area contributed by atoms with Crippen LogP contribution >= 0.6 is 0 Å². The fraction of sp³-hybridized carbons (Fsp3) is 0.333. The highest BCUT2D eigenvalue weighted by atomic mass is 16.1. The summed E-state index contributed by atoms with van der Waals surface area (Å²) in [5.74, 6) is 0.310. The maximum atomic E-state index is 11.4. The molecular formula is C15H15NO2. The minimum atomic E-state index is 0.0855. The summed E-state index contributed by atoms with van der Waals surface area (Å²) in [6.07, 6.45) is 5.69. The first-order valence-electron chi connectivity index (χ1n) is 6.39. The molecule has 1 aliphatic heterocycles. The van der Waals surface area contributed by atoms with E-state index in [0.29, 0.717) is 12.8 Å². The molecule has 0 spiro atoms. The van der Waals surface area contributed by atoms with Crippen LogP contribution in [-0.2, 0) is 16.0 Å². The molecule has 1 N–H and O–H groups in total. The Balaban J connectivity index is 1.95. The summed E-state index contributed by atoms with van der Waals surface area (Å²) in [6.45, 7) is 0. The highest BCUT2D eigenvalue weighted by molar-refractivity contribution is 5.99. The molecule has 2 aliphatic rings. The van der Waals surface area contributed by atoms with Crippen molar-refractivity contribution in [1.82, 2.24) is 0 Å². The predicted octanol–water partition coefficient (Wildman–Crippen LogP) is 2.71. The highest BCUT2D eigenvalue weighted by Gasteiger charge is 2.17. The van der Waals surface area contributed by atoms with Crippen LogP contribution in [0.3, 0.4) is 0 Å². The molecule has 0 aromatic heterocycles. The highest BCUT2D eigenvalue weighted by Crippen LogP contribution is 2.30. The maximum absolute atomic E-state index is 11.4. The molecule has 1 amide bonds. The summed E-state index contributed by atoms with van der Waals surface area (Å²) < 4.78 is 0. The van der Waals surface area contributed by atoms with Crippen LogP contribution in [0.15, 0.2) is 24.3 Å². The van der Waals surface area contributed by atoms with Gasteiger partial charge in [-0.05, 0) is 54.2 Å². The maximum Gasteiger partial charge on any atom is 0.224 e. The molecule has 0 bridgehead atoms. The number of allylic oxidation sites excluding steroid dienone is 2. The predicted molar refractivity (Wildman–Crippen MR) is 70.2 cm³/mol. The van der Waals surface area contributed by atoms with E-state index in [9.17, 15) is 9.59 Å². The van der Waals surface area contributed by atoms with Crippen molar-refractivity contribution >= 4 is 23.0 Å². The van der Waals surface area contributed by atoms with Crippen LogP contribution in [0, 0.1) is 0 Å². The number of nitrogens with one attached hydrogen (secondary N) is 1. The molecule has 0 saturated carbocycles. The number of amides is 1. The molecule has 0 atom stereocenters. The van der Waals surface area contributed by atoms with Crippen LogP contribution in [0.4, 0.5) is 5.69 Å². The van der Waals surface area contributed by atoms with Crippen LogP contribution < -0.4 is 5.32 Å². The van der Waals surface area contributed by atoms with Gasteiger partial charge in [-0.3, -0.25) is 9.59 Å². The summed E-state index contributed by atoms with van der Waals surface area (Å²) >= 11 is 0. The number of benzene rings is 1. The molecule has 3 heteroatoms. The van der Waals surface area contributed by atoms with E-state index in [-0.39, 0.29) is 11.7 Å². The molecule has 92 valence electrons. The van der Waals surface area contributed by atoms with Gasteiger partial charge in [-0.2, -0.15) is 0 Å². The summed E-state index contributed by atoms with van der Waals surface area (Å²) in [5.41, 5.74) is 4.34. The third-order valence-corrected chi connectivity index (χ3v) is 3.58. The Morgan fingerprint density at radius 1 is 1.00 bits per heavy atom. The van der Waals surface area contributed by atoms with Crippen molar-refractivity contribution in [3.8, 4) is 0 Å². The van der Waals surface area contributed by atoms with Gasteiger partial charge in [-0.15, -0.1) is 0 Å². The van der Waals surface area contributed by atoms with Crippen molar-refractivity contribution < 1.29 is 9.59 Å². The van der Waals surface area contributed by atoms with Crippen molar-refractivity contribution in [3.63, 3.8) is 0 Å². The van der Waals surface area contributed by atoms with Gasteiger partial charge in [0.15, 0.2) is 5.78 Å². The van der Waals surface area contributed by atoms with Crippen molar-refractivity contribution in [1.29, 1.82) is 0 Å². The standard InChI is InChI=1S/C15H15NO2/c17-13-3-1-2-10(9-13)11-4-6-14-12(8-11)5-7-15(18)16-14/h4,6,8-9H,1-3,5,7H2,(H,16,18). The van der Waals surface area contributed by atoms with E-state index < -0.39 is 0 Å². The zero-order chi connectivity index (χ0) is 12.5. The molecule has 0 unspecified atom stereocenters. The first kappa shape index (κ1) is 11.2. The van der Waals surface area contributed by atoms with Crippen LogP contribution in [-0.4, -0.2) is 11.7 Å². The second kappa shape index (κ2) is 4.41. The Morgan fingerprint density at radius 2 is 1.89 bits per heavy atom. The van der Waals surface area contributed by atoms with E-state index in [4.69, 9.17) is 0 Å². The number of carbonyl (C=O) groups excluding carboxylic acids is 2. The second-order valence-corrected chi connectivity index (χ2v) is 4.91. The zero-order valence-electron chi connectivity index (χ0n) is 10.2. The van der Waals surface area contributed by atoms with Crippen molar-refractivity contribution in [2.75, 3.05) is 5.32 Å². The van der Waals surface area contributed by atoms with Crippen LogP contribution in [0.1, 0.15) is 36.8 Å². The molecule has 1 aromatic rings.